The maximum Gasteiger partial charge on any atom is 0.338 e. The molecule has 1 fully saturated rings. The zero-order valence-electron chi connectivity index (χ0n) is 14.2. The minimum atomic E-state index is -1.68. The summed E-state index contributed by atoms with van der Waals surface area (Å²) in [6, 6.07) is 15.4. The number of carbonyl (C=O) groups is 1. The number of hydrogen-bond donors (Lipinski definition) is 4. The summed E-state index contributed by atoms with van der Waals surface area (Å²) in [6.45, 7) is -0.400. The Morgan fingerprint density at radius 1 is 0.852 bits per heavy atom. The van der Waals surface area contributed by atoms with Crippen molar-refractivity contribution < 1.29 is 39.4 Å². The third-order valence-corrected chi connectivity index (χ3v) is 4.13. The van der Waals surface area contributed by atoms with Gasteiger partial charge in [-0.15, -0.1) is 0 Å². The Morgan fingerprint density at radius 3 is 2.15 bits per heavy atom. The molecule has 0 aromatic heterocycles. The highest BCUT2D eigenvalue weighted by Gasteiger charge is 2.43. The van der Waals surface area contributed by atoms with Crippen LogP contribution in [0.4, 0.5) is 0 Å². The number of benzene rings is 2. The topological polar surface area (TPSA) is 126 Å². The number of para-hydroxylation sites is 1. The fourth-order valence-corrected chi connectivity index (χ4v) is 2.59. The molecule has 3 rings (SSSR count). The van der Waals surface area contributed by atoms with Gasteiger partial charge in [-0.2, -0.15) is 0 Å². The standard InChI is InChI=1S/C19H20O8/c20-15-14(27-19(24)17(22)16(15)21)10-25-18(23)11-6-8-13(9-7-11)26-12-4-2-1-3-5-12/h1-9,14-17,19-22,24H,10H2/t14-,15-,16?,17-,19?/m1/s1. The van der Waals surface area contributed by atoms with Gasteiger partial charge in [0.25, 0.3) is 0 Å². The normalized spacial score (nSPS) is 27.8. The van der Waals surface area contributed by atoms with Crippen molar-refractivity contribution in [3.8, 4) is 11.5 Å². The summed E-state index contributed by atoms with van der Waals surface area (Å²) in [5, 5.41) is 38.3. The highest BCUT2D eigenvalue weighted by Crippen LogP contribution is 2.22. The van der Waals surface area contributed by atoms with Crippen LogP contribution in [0.15, 0.2) is 54.6 Å². The molecular formula is C19H20O8. The summed E-state index contributed by atoms with van der Waals surface area (Å²) in [7, 11) is 0. The molecule has 1 aliphatic rings. The third kappa shape index (κ3) is 4.62. The lowest BCUT2D eigenvalue weighted by molar-refractivity contribution is -0.286. The Kier molecular flexibility index (Phi) is 6.04. The largest absolute Gasteiger partial charge is 0.459 e. The van der Waals surface area contributed by atoms with Gasteiger partial charge in [-0.25, -0.2) is 4.79 Å². The molecule has 27 heavy (non-hydrogen) atoms. The number of aliphatic hydroxyl groups is 4. The van der Waals surface area contributed by atoms with Gasteiger partial charge >= 0.3 is 5.97 Å². The van der Waals surface area contributed by atoms with Gasteiger partial charge in [-0.05, 0) is 36.4 Å². The molecule has 1 aliphatic heterocycles. The van der Waals surface area contributed by atoms with Gasteiger partial charge in [-0.3, -0.25) is 0 Å². The summed E-state index contributed by atoms with van der Waals surface area (Å²) in [6.07, 6.45) is -7.58. The van der Waals surface area contributed by atoms with Crippen LogP contribution < -0.4 is 4.74 Å². The molecule has 0 bridgehead atoms. The van der Waals surface area contributed by atoms with E-state index in [2.05, 4.69) is 0 Å². The Balaban J connectivity index is 1.55. The quantitative estimate of drug-likeness (QED) is 0.554. The fourth-order valence-electron chi connectivity index (χ4n) is 2.59. The lowest BCUT2D eigenvalue weighted by Gasteiger charge is -2.37. The number of aliphatic hydroxyl groups excluding tert-OH is 4. The highest BCUT2D eigenvalue weighted by molar-refractivity contribution is 5.89. The Morgan fingerprint density at radius 2 is 1.48 bits per heavy atom. The number of esters is 1. The van der Waals surface area contributed by atoms with E-state index in [9.17, 15) is 25.2 Å². The molecule has 8 heteroatoms. The molecule has 8 nitrogen and oxygen atoms in total. The van der Waals surface area contributed by atoms with Gasteiger partial charge in [0, 0.05) is 0 Å². The van der Waals surface area contributed by atoms with Gasteiger partial charge in [0.1, 0.15) is 42.5 Å². The fraction of sp³-hybridized carbons (Fsp3) is 0.316. The average molecular weight is 376 g/mol. The van der Waals surface area contributed by atoms with Crippen LogP contribution in [0.5, 0.6) is 11.5 Å². The van der Waals surface area contributed by atoms with Crippen LogP contribution in [-0.2, 0) is 9.47 Å². The molecule has 0 aliphatic carbocycles. The molecule has 1 saturated heterocycles. The van der Waals surface area contributed by atoms with Crippen molar-refractivity contribution >= 4 is 5.97 Å². The van der Waals surface area contributed by atoms with E-state index in [1.54, 1.807) is 24.3 Å². The first-order valence-corrected chi connectivity index (χ1v) is 8.33. The minimum Gasteiger partial charge on any atom is -0.459 e. The van der Waals surface area contributed by atoms with Crippen molar-refractivity contribution in [3.63, 3.8) is 0 Å². The van der Waals surface area contributed by atoms with Crippen LogP contribution in [0.3, 0.4) is 0 Å². The molecule has 4 N–H and O–H groups in total. The van der Waals surface area contributed by atoms with E-state index < -0.39 is 43.3 Å². The first-order chi connectivity index (χ1) is 13.0. The number of carbonyl (C=O) groups excluding carboxylic acids is 1. The molecule has 2 aromatic rings. The van der Waals surface area contributed by atoms with Crippen LogP contribution in [-0.4, -0.2) is 63.7 Å². The summed E-state index contributed by atoms with van der Waals surface area (Å²) >= 11 is 0. The smallest absolute Gasteiger partial charge is 0.338 e. The van der Waals surface area contributed by atoms with E-state index >= 15 is 0 Å². The predicted molar refractivity (Wildman–Crippen MR) is 92.1 cm³/mol. The Hall–Kier alpha value is -2.49. The van der Waals surface area contributed by atoms with Gasteiger partial charge in [0.2, 0.25) is 0 Å². The monoisotopic (exact) mass is 376 g/mol. The van der Waals surface area contributed by atoms with Gasteiger partial charge < -0.3 is 34.6 Å². The second-order valence-electron chi connectivity index (χ2n) is 6.07. The van der Waals surface area contributed by atoms with Crippen molar-refractivity contribution in [3.05, 3.63) is 60.2 Å². The maximum atomic E-state index is 12.1. The number of ether oxygens (including phenoxy) is 3. The lowest BCUT2D eigenvalue weighted by atomic mass is 9.99. The second-order valence-corrected chi connectivity index (χ2v) is 6.07. The van der Waals surface area contributed by atoms with E-state index in [4.69, 9.17) is 14.2 Å². The highest BCUT2D eigenvalue weighted by atomic mass is 16.6. The molecular weight excluding hydrogens is 356 g/mol. The second kappa shape index (κ2) is 8.47. The average Bonchev–Trinajstić information content (AvgIpc) is 2.69. The molecule has 0 spiro atoms. The Bertz CT molecular complexity index is 748. The predicted octanol–water partition coefficient (Wildman–Crippen LogP) is 0.436. The molecule has 5 atom stereocenters. The van der Waals surface area contributed by atoms with Crippen LogP contribution >= 0.6 is 0 Å². The molecule has 0 saturated carbocycles. The molecule has 2 aromatic carbocycles. The minimum absolute atomic E-state index is 0.252. The zero-order chi connectivity index (χ0) is 19.4. The first kappa shape index (κ1) is 19.3. The molecule has 0 radical (unpaired) electrons. The van der Waals surface area contributed by atoms with Crippen molar-refractivity contribution in [2.24, 2.45) is 0 Å². The van der Waals surface area contributed by atoms with Crippen molar-refractivity contribution in [2.75, 3.05) is 6.61 Å². The van der Waals surface area contributed by atoms with Gasteiger partial charge in [0.05, 0.1) is 5.56 Å². The van der Waals surface area contributed by atoms with E-state index in [-0.39, 0.29) is 5.56 Å². The van der Waals surface area contributed by atoms with E-state index in [0.29, 0.717) is 11.5 Å². The molecule has 0 amide bonds. The summed E-state index contributed by atoms with van der Waals surface area (Å²) in [5.41, 5.74) is 0.252. The summed E-state index contributed by atoms with van der Waals surface area (Å²) < 4.78 is 15.6. The van der Waals surface area contributed by atoms with Gasteiger partial charge in [0.15, 0.2) is 6.29 Å². The number of hydrogen-bond acceptors (Lipinski definition) is 8. The van der Waals surface area contributed by atoms with E-state index in [0.717, 1.165) is 0 Å². The van der Waals surface area contributed by atoms with Crippen LogP contribution in [0.25, 0.3) is 0 Å². The lowest BCUT2D eigenvalue weighted by Crippen LogP contribution is -2.58. The SMILES string of the molecule is O=C(OC[C@H]1OC(O)[C@H](O)C(O)[C@@H]1O)c1ccc(Oc2ccccc2)cc1. The van der Waals surface area contributed by atoms with Crippen LogP contribution in [0, 0.1) is 0 Å². The number of rotatable bonds is 5. The summed E-state index contributed by atoms with van der Waals surface area (Å²) in [5.74, 6) is 0.534. The van der Waals surface area contributed by atoms with Crippen molar-refractivity contribution in [1.82, 2.24) is 0 Å². The third-order valence-electron chi connectivity index (χ3n) is 4.13. The van der Waals surface area contributed by atoms with Crippen LogP contribution in [0.1, 0.15) is 10.4 Å². The first-order valence-electron chi connectivity index (χ1n) is 8.33. The molecule has 144 valence electrons. The zero-order valence-corrected chi connectivity index (χ0v) is 14.2. The maximum absolute atomic E-state index is 12.1. The summed E-state index contributed by atoms with van der Waals surface area (Å²) in [4.78, 5) is 12.1. The van der Waals surface area contributed by atoms with Crippen molar-refractivity contribution in [2.45, 2.75) is 30.7 Å². The van der Waals surface area contributed by atoms with Crippen LogP contribution in [0.2, 0.25) is 0 Å². The van der Waals surface area contributed by atoms with E-state index in [1.165, 1.54) is 12.1 Å². The Labute approximate surface area is 155 Å². The van der Waals surface area contributed by atoms with Gasteiger partial charge in [-0.1, -0.05) is 18.2 Å². The molecule has 2 unspecified atom stereocenters. The molecule has 1 heterocycles. The van der Waals surface area contributed by atoms with E-state index in [1.807, 2.05) is 18.2 Å². The van der Waals surface area contributed by atoms with Crippen molar-refractivity contribution in [1.29, 1.82) is 0 Å².